The summed E-state index contributed by atoms with van der Waals surface area (Å²) in [5, 5.41) is 3.04. The Labute approximate surface area is 202 Å². The van der Waals surface area contributed by atoms with Gasteiger partial charge in [-0.05, 0) is 71.7 Å². The van der Waals surface area contributed by atoms with Crippen molar-refractivity contribution >= 4 is 18.0 Å². The predicted octanol–water partition coefficient (Wildman–Crippen LogP) is 3.48. The number of esters is 2. The summed E-state index contributed by atoms with van der Waals surface area (Å²) >= 11 is 0. The quantitative estimate of drug-likeness (QED) is 0.584. The summed E-state index contributed by atoms with van der Waals surface area (Å²) in [4.78, 5) is 42.3. The van der Waals surface area contributed by atoms with E-state index in [1.807, 2.05) is 39.8 Å². The average molecular weight is 472 g/mol. The molecule has 0 aliphatic carbocycles. The first-order valence-electron chi connectivity index (χ1n) is 12.2. The lowest BCUT2D eigenvalue weighted by Gasteiger charge is -2.39. The Morgan fingerprint density at radius 3 is 2.32 bits per heavy atom. The normalized spacial score (nSPS) is 19.7. The van der Waals surface area contributed by atoms with Crippen molar-refractivity contribution in [1.82, 2.24) is 15.1 Å². The van der Waals surface area contributed by atoms with Gasteiger partial charge < -0.3 is 14.8 Å². The Bertz CT molecular complexity index is 950. The van der Waals surface area contributed by atoms with Crippen molar-refractivity contribution in [3.63, 3.8) is 0 Å². The molecule has 2 amide bonds. The number of nitrogens with one attached hydrogen (secondary N) is 1. The standard InChI is InChI=1S/C26H37N3O5/c1-6-29-21(16-28-13-11-19(12-14-28)24(30)33-7-2)22(25(31)34-8-3)23(27-26(29)32)20-10-9-17(4)15-18(20)5/h9-10,15,19,23H,6-8,11-14,16H2,1-5H3,(H,27,32). The van der Waals surface area contributed by atoms with Crippen molar-refractivity contribution in [2.75, 3.05) is 39.4 Å². The molecule has 34 heavy (non-hydrogen) atoms. The SMILES string of the molecule is CCOC(=O)C1=C(CN2CCC(C(=O)OCC)CC2)N(CC)C(=O)NC1c1ccc(C)cc1C. The number of urea groups is 1. The molecular weight excluding hydrogens is 434 g/mol. The van der Waals surface area contributed by atoms with E-state index in [1.54, 1.807) is 11.8 Å². The van der Waals surface area contributed by atoms with Crippen LogP contribution in [-0.4, -0.2) is 67.2 Å². The molecular formula is C26H37N3O5. The fourth-order valence-electron chi connectivity index (χ4n) is 4.84. The van der Waals surface area contributed by atoms with E-state index in [4.69, 9.17) is 9.47 Å². The Balaban J connectivity index is 1.96. The minimum atomic E-state index is -0.581. The van der Waals surface area contributed by atoms with Crippen LogP contribution >= 0.6 is 0 Å². The molecule has 8 heteroatoms. The zero-order chi connectivity index (χ0) is 24.8. The van der Waals surface area contributed by atoms with Crippen LogP contribution in [-0.2, 0) is 19.1 Å². The Kier molecular flexibility index (Phi) is 8.72. The third-order valence-electron chi connectivity index (χ3n) is 6.57. The zero-order valence-electron chi connectivity index (χ0n) is 21.0. The van der Waals surface area contributed by atoms with E-state index in [-0.39, 0.29) is 24.5 Å². The third-order valence-corrected chi connectivity index (χ3v) is 6.57. The summed E-state index contributed by atoms with van der Waals surface area (Å²) in [6, 6.07) is 5.21. The van der Waals surface area contributed by atoms with Gasteiger partial charge in [0.25, 0.3) is 0 Å². The number of rotatable bonds is 8. The van der Waals surface area contributed by atoms with Gasteiger partial charge in [-0.1, -0.05) is 23.8 Å². The molecule has 8 nitrogen and oxygen atoms in total. The number of carbonyl (C=O) groups is 3. The molecule has 1 atom stereocenters. The summed E-state index contributed by atoms with van der Waals surface area (Å²) in [6.45, 7) is 12.4. The van der Waals surface area contributed by atoms with Gasteiger partial charge in [-0.15, -0.1) is 0 Å². The number of hydrogen-bond donors (Lipinski definition) is 1. The van der Waals surface area contributed by atoms with Crippen molar-refractivity contribution in [1.29, 1.82) is 0 Å². The number of piperidine rings is 1. The second-order valence-electron chi connectivity index (χ2n) is 8.87. The van der Waals surface area contributed by atoms with E-state index in [0.29, 0.717) is 56.9 Å². The molecule has 186 valence electrons. The lowest BCUT2D eigenvalue weighted by molar-refractivity contribution is -0.149. The van der Waals surface area contributed by atoms with Crippen LogP contribution < -0.4 is 5.32 Å². The molecule has 1 aromatic rings. The number of hydrogen-bond acceptors (Lipinski definition) is 6. The van der Waals surface area contributed by atoms with E-state index < -0.39 is 12.0 Å². The Morgan fingerprint density at radius 2 is 1.74 bits per heavy atom. The van der Waals surface area contributed by atoms with Gasteiger partial charge in [-0.2, -0.15) is 0 Å². The fraction of sp³-hybridized carbons (Fsp3) is 0.577. The topological polar surface area (TPSA) is 88.2 Å². The van der Waals surface area contributed by atoms with Crippen LogP contribution in [0.2, 0.25) is 0 Å². The van der Waals surface area contributed by atoms with Gasteiger partial charge in [-0.25, -0.2) is 9.59 Å². The van der Waals surface area contributed by atoms with Gasteiger partial charge in [0.2, 0.25) is 0 Å². The Hall–Kier alpha value is -2.87. The molecule has 1 unspecified atom stereocenters. The van der Waals surface area contributed by atoms with Gasteiger partial charge in [0, 0.05) is 18.8 Å². The number of carbonyl (C=O) groups excluding carboxylic acids is 3. The van der Waals surface area contributed by atoms with Crippen LogP contribution in [0.3, 0.4) is 0 Å². The van der Waals surface area contributed by atoms with Gasteiger partial charge >= 0.3 is 18.0 Å². The van der Waals surface area contributed by atoms with E-state index >= 15 is 0 Å². The molecule has 1 N–H and O–H groups in total. The first kappa shape index (κ1) is 25.7. The van der Waals surface area contributed by atoms with Crippen molar-refractivity contribution < 1.29 is 23.9 Å². The highest BCUT2D eigenvalue weighted by molar-refractivity contribution is 5.95. The van der Waals surface area contributed by atoms with E-state index in [9.17, 15) is 14.4 Å². The summed E-state index contributed by atoms with van der Waals surface area (Å²) in [5.74, 6) is -0.660. The van der Waals surface area contributed by atoms with Crippen LogP contribution in [0.15, 0.2) is 29.5 Å². The highest BCUT2D eigenvalue weighted by atomic mass is 16.5. The van der Waals surface area contributed by atoms with Crippen LogP contribution in [0.4, 0.5) is 4.79 Å². The molecule has 0 bridgehead atoms. The van der Waals surface area contributed by atoms with Crippen molar-refractivity contribution in [2.24, 2.45) is 5.92 Å². The van der Waals surface area contributed by atoms with Gasteiger partial charge in [0.15, 0.2) is 0 Å². The smallest absolute Gasteiger partial charge is 0.338 e. The van der Waals surface area contributed by atoms with E-state index in [1.165, 1.54) is 0 Å². The van der Waals surface area contributed by atoms with Crippen LogP contribution in [0, 0.1) is 19.8 Å². The van der Waals surface area contributed by atoms with Crippen molar-refractivity contribution in [3.05, 3.63) is 46.2 Å². The van der Waals surface area contributed by atoms with Crippen LogP contribution in [0.1, 0.15) is 56.3 Å². The second-order valence-corrected chi connectivity index (χ2v) is 8.87. The third kappa shape index (κ3) is 5.60. The minimum Gasteiger partial charge on any atom is -0.466 e. The maximum atomic E-state index is 13.3. The van der Waals surface area contributed by atoms with Crippen molar-refractivity contribution in [2.45, 2.75) is 53.5 Å². The molecule has 3 rings (SSSR count). The van der Waals surface area contributed by atoms with Crippen molar-refractivity contribution in [3.8, 4) is 0 Å². The summed E-state index contributed by atoms with van der Waals surface area (Å²) < 4.78 is 10.6. The van der Waals surface area contributed by atoms with E-state index in [0.717, 1.165) is 16.7 Å². The number of amides is 2. The molecule has 0 spiro atoms. The first-order chi connectivity index (χ1) is 16.3. The highest BCUT2D eigenvalue weighted by Gasteiger charge is 2.39. The monoisotopic (exact) mass is 471 g/mol. The highest BCUT2D eigenvalue weighted by Crippen LogP contribution is 2.34. The lowest BCUT2D eigenvalue weighted by atomic mass is 9.90. The first-order valence-corrected chi connectivity index (χ1v) is 12.2. The minimum absolute atomic E-state index is 0.102. The largest absolute Gasteiger partial charge is 0.466 e. The zero-order valence-corrected chi connectivity index (χ0v) is 21.0. The molecule has 0 saturated carbocycles. The molecule has 2 aliphatic rings. The Morgan fingerprint density at radius 1 is 1.06 bits per heavy atom. The predicted molar refractivity (Wildman–Crippen MR) is 129 cm³/mol. The van der Waals surface area contributed by atoms with Gasteiger partial charge in [0.1, 0.15) is 0 Å². The van der Waals surface area contributed by atoms with Gasteiger partial charge in [-0.3, -0.25) is 14.6 Å². The number of likely N-dealkylation sites (tertiary alicyclic amines) is 1. The van der Waals surface area contributed by atoms with Crippen LogP contribution in [0.5, 0.6) is 0 Å². The second kappa shape index (κ2) is 11.5. The summed E-state index contributed by atoms with van der Waals surface area (Å²) in [6.07, 6.45) is 1.39. The number of benzene rings is 1. The molecule has 2 heterocycles. The molecule has 0 aromatic heterocycles. The van der Waals surface area contributed by atoms with Gasteiger partial charge in [0.05, 0.1) is 30.7 Å². The molecule has 1 fully saturated rings. The van der Waals surface area contributed by atoms with Crippen LogP contribution in [0.25, 0.3) is 0 Å². The maximum absolute atomic E-state index is 13.3. The maximum Gasteiger partial charge on any atom is 0.338 e. The lowest BCUT2D eigenvalue weighted by Crippen LogP contribution is -2.51. The number of likely N-dealkylation sites (N-methyl/N-ethyl adjacent to an activating group) is 1. The summed E-state index contributed by atoms with van der Waals surface area (Å²) in [7, 11) is 0. The molecule has 2 aliphatic heterocycles. The molecule has 1 saturated heterocycles. The number of aryl methyl sites for hydroxylation is 2. The number of nitrogens with zero attached hydrogens (tertiary/aromatic N) is 2. The average Bonchev–Trinajstić information content (AvgIpc) is 2.79. The molecule has 0 radical (unpaired) electrons. The fourth-order valence-corrected chi connectivity index (χ4v) is 4.84. The summed E-state index contributed by atoms with van der Waals surface area (Å²) in [5.41, 5.74) is 4.15. The number of ether oxygens (including phenoxy) is 2. The van der Waals surface area contributed by atoms with E-state index in [2.05, 4.69) is 16.3 Å². The molecule has 1 aromatic carbocycles.